The average Bonchev–Trinajstić information content (AvgIpc) is 3.38. The zero-order chi connectivity index (χ0) is 29.6. The number of unbranched alkanes of at least 4 members (excludes halogenated alkanes) is 1. The van der Waals surface area contributed by atoms with Gasteiger partial charge in [0, 0.05) is 38.3 Å². The van der Waals surface area contributed by atoms with Crippen LogP contribution in [0.15, 0.2) is 30.3 Å². The van der Waals surface area contributed by atoms with Crippen molar-refractivity contribution in [2.45, 2.75) is 71.1 Å². The molecule has 9 nitrogen and oxygen atoms in total. The Morgan fingerprint density at radius 1 is 1.07 bits per heavy atom. The summed E-state index contributed by atoms with van der Waals surface area (Å²) in [6, 6.07) is 9.58. The standard InChI is InChI=1S/C29H34F3N7O2.ClH/c1-3-38(11-7-6-10-27(40)41)26-16-23-9-5-4-8-22(23)15-24(26)19-39(28-34-36-37(2)35-28)18-21-12-20(17-33)13-25(14-21)29(30,31)32;/h12-16H,3-11,18-19H2,1-2H3,(H,40,41);1H. The molecule has 0 saturated carbocycles. The second kappa shape index (κ2) is 14.4. The van der Waals surface area contributed by atoms with Crippen molar-refractivity contribution in [3.8, 4) is 6.07 Å². The molecule has 4 rings (SSSR count). The highest BCUT2D eigenvalue weighted by Crippen LogP contribution is 2.34. The second-order valence-electron chi connectivity index (χ2n) is 10.4. The fraction of sp³-hybridized carbons (Fsp3) is 0.483. The first kappa shape index (κ1) is 32.7. The highest BCUT2D eigenvalue weighted by Gasteiger charge is 2.31. The van der Waals surface area contributed by atoms with Gasteiger partial charge in [0.2, 0.25) is 0 Å². The maximum atomic E-state index is 13.6. The average molecular weight is 606 g/mol. The lowest BCUT2D eigenvalue weighted by molar-refractivity contribution is -0.138. The first-order chi connectivity index (χ1) is 19.6. The summed E-state index contributed by atoms with van der Waals surface area (Å²) in [6.45, 7) is 3.78. The molecular formula is C29H35ClF3N7O2. The van der Waals surface area contributed by atoms with Gasteiger partial charge >= 0.3 is 12.1 Å². The number of nitrogens with zero attached hydrogens (tertiary/aromatic N) is 7. The van der Waals surface area contributed by atoms with Crippen molar-refractivity contribution in [2.24, 2.45) is 7.05 Å². The van der Waals surface area contributed by atoms with Crippen LogP contribution < -0.4 is 9.80 Å². The molecule has 13 heteroatoms. The number of carbonyl (C=O) groups is 1. The van der Waals surface area contributed by atoms with Gasteiger partial charge in [0.1, 0.15) is 0 Å². The number of carboxylic acid groups (broad SMARTS) is 1. The molecule has 0 radical (unpaired) electrons. The Hall–Kier alpha value is -3.85. The molecule has 1 N–H and O–H groups in total. The van der Waals surface area contributed by atoms with E-state index in [0.717, 1.165) is 49.1 Å². The van der Waals surface area contributed by atoms with Crippen molar-refractivity contribution in [3.05, 3.63) is 63.7 Å². The molecule has 0 spiro atoms. The number of carboxylic acids is 1. The number of anilines is 2. The molecule has 0 aliphatic heterocycles. The third-order valence-electron chi connectivity index (χ3n) is 7.30. The first-order valence-electron chi connectivity index (χ1n) is 13.8. The number of halogens is 4. The topological polar surface area (TPSA) is 111 Å². The van der Waals surface area contributed by atoms with Gasteiger partial charge in [0.25, 0.3) is 5.95 Å². The molecule has 42 heavy (non-hydrogen) atoms. The van der Waals surface area contributed by atoms with Crippen molar-refractivity contribution in [3.63, 3.8) is 0 Å². The van der Waals surface area contributed by atoms with E-state index in [1.807, 2.05) is 6.07 Å². The number of aryl methyl sites for hydroxylation is 3. The van der Waals surface area contributed by atoms with E-state index in [1.54, 1.807) is 11.9 Å². The van der Waals surface area contributed by atoms with Crippen LogP contribution in [0, 0.1) is 11.3 Å². The minimum Gasteiger partial charge on any atom is -0.481 e. The van der Waals surface area contributed by atoms with Crippen molar-refractivity contribution in [1.82, 2.24) is 20.2 Å². The van der Waals surface area contributed by atoms with Gasteiger partial charge in [-0.05, 0) is 97.2 Å². The van der Waals surface area contributed by atoms with E-state index in [1.165, 1.54) is 22.0 Å². The maximum Gasteiger partial charge on any atom is 0.416 e. The van der Waals surface area contributed by atoms with Gasteiger partial charge in [0.15, 0.2) is 0 Å². The van der Waals surface area contributed by atoms with E-state index in [9.17, 15) is 23.2 Å². The molecule has 0 amide bonds. The number of aromatic nitrogens is 4. The van der Waals surface area contributed by atoms with Gasteiger partial charge in [-0.3, -0.25) is 4.79 Å². The minimum absolute atomic E-state index is 0. The molecule has 1 heterocycles. The van der Waals surface area contributed by atoms with Gasteiger partial charge in [-0.15, -0.1) is 17.5 Å². The monoisotopic (exact) mass is 605 g/mol. The van der Waals surface area contributed by atoms with Crippen LogP contribution in [0.4, 0.5) is 24.8 Å². The number of rotatable bonds is 12. The Bertz CT molecular complexity index is 1420. The Morgan fingerprint density at radius 3 is 2.38 bits per heavy atom. The van der Waals surface area contributed by atoms with Gasteiger partial charge in [-0.25, -0.2) is 0 Å². The van der Waals surface area contributed by atoms with Gasteiger partial charge in [0.05, 0.1) is 24.2 Å². The normalized spacial score (nSPS) is 12.7. The van der Waals surface area contributed by atoms with Crippen LogP contribution in [0.2, 0.25) is 0 Å². The minimum atomic E-state index is -4.59. The van der Waals surface area contributed by atoms with Crippen LogP contribution in [0.5, 0.6) is 0 Å². The van der Waals surface area contributed by atoms with E-state index < -0.39 is 17.7 Å². The Labute approximate surface area is 249 Å². The Balaban J connectivity index is 0.00000484. The van der Waals surface area contributed by atoms with Crippen LogP contribution in [-0.2, 0) is 43.9 Å². The first-order valence-corrected chi connectivity index (χ1v) is 13.8. The number of aliphatic carboxylic acids is 1. The number of benzene rings is 2. The summed E-state index contributed by atoms with van der Waals surface area (Å²) in [7, 11) is 1.62. The van der Waals surface area contributed by atoms with Crippen LogP contribution in [-0.4, -0.2) is 44.4 Å². The predicted molar refractivity (Wildman–Crippen MR) is 155 cm³/mol. The van der Waals surface area contributed by atoms with E-state index >= 15 is 0 Å². The summed E-state index contributed by atoms with van der Waals surface area (Å²) in [5.74, 6) is -0.555. The predicted octanol–water partition coefficient (Wildman–Crippen LogP) is 5.69. The van der Waals surface area contributed by atoms with E-state index in [0.29, 0.717) is 38.0 Å². The summed E-state index contributed by atoms with van der Waals surface area (Å²) >= 11 is 0. The molecule has 1 aliphatic rings. The molecular weight excluding hydrogens is 571 g/mol. The van der Waals surface area contributed by atoms with Gasteiger partial charge in [-0.2, -0.15) is 23.2 Å². The van der Waals surface area contributed by atoms with Crippen molar-refractivity contribution >= 4 is 30.0 Å². The highest BCUT2D eigenvalue weighted by atomic mass is 35.5. The van der Waals surface area contributed by atoms with E-state index in [4.69, 9.17) is 5.11 Å². The lowest BCUT2D eigenvalue weighted by Crippen LogP contribution is -2.29. The molecule has 0 unspecified atom stereocenters. The third kappa shape index (κ3) is 8.35. The number of hydrogen-bond donors (Lipinski definition) is 1. The number of fused-ring (bicyclic) bond motifs is 1. The van der Waals surface area contributed by atoms with Crippen molar-refractivity contribution in [1.29, 1.82) is 5.26 Å². The Morgan fingerprint density at radius 2 is 1.79 bits per heavy atom. The fourth-order valence-corrected chi connectivity index (χ4v) is 5.31. The van der Waals surface area contributed by atoms with E-state index in [2.05, 4.69) is 39.4 Å². The summed E-state index contributed by atoms with van der Waals surface area (Å²) in [4.78, 5) is 16.3. The molecule has 1 aromatic heterocycles. The largest absolute Gasteiger partial charge is 0.481 e. The second-order valence-corrected chi connectivity index (χ2v) is 10.4. The molecule has 1 aliphatic carbocycles. The molecule has 0 saturated heterocycles. The SMILES string of the molecule is CCN(CCCCC(=O)O)c1cc2c(cc1CN(Cc1cc(C#N)cc(C(F)(F)F)c1)c1nnn(C)n1)CCCC2.Cl. The summed E-state index contributed by atoms with van der Waals surface area (Å²) in [5, 5.41) is 30.9. The quantitative estimate of drug-likeness (QED) is 0.262. The van der Waals surface area contributed by atoms with E-state index in [-0.39, 0.29) is 36.9 Å². The van der Waals surface area contributed by atoms with Crippen molar-refractivity contribution < 1.29 is 23.1 Å². The molecule has 3 aromatic rings. The third-order valence-corrected chi connectivity index (χ3v) is 7.30. The van der Waals surface area contributed by atoms with Crippen LogP contribution in [0.3, 0.4) is 0 Å². The summed E-state index contributed by atoms with van der Waals surface area (Å²) in [6.07, 6.45) is 0.947. The number of hydrogen-bond acceptors (Lipinski definition) is 7. The summed E-state index contributed by atoms with van der Waals surface area (Å²) < 4.78 is 40.8. The molecule has 2 aromatic carbocycles. The summed E-state index contributed by atoms with van der Waals surface area (Å²) in [5.41, 5.74) is 3.89. The lowest BCUT2D eigenvalue weighted by atomic mass is 9.89. The molecule has 0 fully saturated rings. The van der Waals surface area contributed by atoms with Crippen molar-refractivity contribution in [2.75, 3.05) is 22.9 Å². The molecule has 0 bridgehead atoms. The van der Waals surface area contributed by atoms with Gasteiger partial charge in [-0.1, -0.05) is 11.2 Å². The zero-order valence-electron chi connectivity index (χ0n) is 23.7. The zero-order valence-corrected chi connectivity index (χ0v) is 24.5. The maximum absolute atomic E-state index is 13.6. The number of tetrazole rings is 1. The molecule has 0 atom stereocenters. The van der Waals surface area contributed by atoms with Crippen LogP contribution in [0.25, 0.3) is 0 Å². The Kier molecular flexibility index (Phi) is 11.2. The number of nitriles is 1. The highest BCUT2D eigenvalue weighted by molar-refractivity contribution is 5.85. The fourth-order valence-electron chi connectivity index (χ4n) is 5.31. The van der Waals surface area contributed by atoms with Crippen LogP contribution in [0.1, 0.15) is 72.4 Å². The number of alkyl halides is 3. The smallest absolute Gasteiger partial charge is 0.416 e. The molecule has 226 valence electrons. The lowest BCUT2D eigenvalue weighted by Gasteiger charge is -2.31. The van der Waals surface area contributed by atoms with Crippen LogP contribution >= 0.6 is 12.4 Å². The van der Waals surface area contributed by atoms with Gasteiger partial charge < -0.3 is 14.9 Å².